The molecule has 0 saturated heterocycles. The minimum atomic E-state index is -3.27. The first-order valence-corrected chi connectivity index (χ1v) is 14.0. The van der Waals surface area contributed by atoms with Gasteiger partial charge in [-0.1, -0.05) is 0 Å². The van der Waals surface area contributed by atoms with E-state index < -0.39 is 5.31 Å². The summed E-state index contributed by atoms with van der Waals surface area (Å²) >= 11 is 4.47. The van der Waals surface area contributed by atoms with E-state index >= 15 is 0 Å². The average Bonchev–Trinajstić information content (AvgIpc) is 2.85. The van der Waals surface area contributed by atoms with Crippen LogP contribution in [-0.4, -0.2) is 14.2 Å². The van der Waals surface area contributed by atoms with Crippen molar-refractivity contribution in [2.75, 3.05) is 14.2 Å². The van der Waals surface area contributed by atoms with Crippen molar-refractivity contribution in [2.45, 2.75) is 0 Å². The van der Waals surface area contributed by atoms with Crippen LogP contribution in [0, 0.1) is 0 Å². The van der Waals surface area contributed by atoms with Gasteiger partial charge in [-0.05, 0) is 0 Å². The molecular formula is C26H24BrO2P. The van der Waals surface area contributed by atoms with Crippen LogP contribution in [-0.2, 0) is 0 Å². The van der Waals surface area contributed by atoms with E-state index in [-0.39, 0.29) is 0 Å². The van der Waals surface area contributed by atoms with Crippen molar-refractivity contribution in [3.8, 4) is 11.5 Å². The van der Waals surface area contributed by atoms with E-state index in [1.807, 2.05) is 6.07 Å². The zero-order valence-electron chi connectivity index (χ0n) is 17.0. The van der Waals surface area contributed by atoms with Crippen LogP contribution in [0.4, 0.5) is 0 Å². The van der Waals surface area contributed by atoms with Crippen molar-refractivity contribution in [2.24, 2.45) is 0 Å². The molecule has 0 fully saturated rings. The summed E-state index contributed by atoms with van der Waals surface area (Å²) in [6, 6.07) is 38.2. The molecule has 0 N–H and O–H groups in total. The molecule has 0 radical (unpaired) electrons. The van der Waals surface area contributed by atoms with Crippen molar-refractivity contribution >= 4 is 42.0 Å². The van der Waals surface area contributed by atoms with E-state index in [0.717, 1.165) is 16.8 Å². The Morgan fingerprint density at radius 2 is 0.833 bits per heavy atom. The molecule has 0 spiro atoms. The van der Waals surface area contributed by atoms with Gasteiger partial charge in [0, 0.05) is 0 Å². The molecule has 152 valence electrons. The fourth-order valence-corrected chi connectivity index (χ4v) is 11.5. The topological polar surface area (TPSA) is 18.5 Å². The Labute approximate surface area is 186 Å². The van der Waals surface area contributed by atoms with E-state index in [1.165, 1.54) is 15.9 Å². The van der Waals surface area contributed by atoms with E-state index in [9.17, 15) is 0 Å². The van der Waals surface area contributed by atoms with Crippen LogP contribution >= 0.6 is 20.8 Å². The Morgan fingerprint density at radius 3 is 1.13 bits per heavy atom. The fourth-order valence-electron chi connectivity index (χ4n) is 4.05. The van der Waals surface area contributed by atoms with Crippen molar-refractivity contribution in [3.05, 3.63) is 109 Å². The number of ether oxygens (including phenoxy) is 2. The Kier molecular flexibility index (Phi) is 5.69. The van der Waals surface area contributed by atoms with Gasteiger partial charge in [0.2, 0.25) is 0 Å². The van der Waals surface area contributed by atoms with E-state index in [1.54, 1.807) is 14.2 Å². The molecule has 0 atom stereocenters. The van der Waals surface area contributed by atoms with Crippen LogP contribution in [0.15, 0.2) is 109 Å². The number of benzene rings is 4. The summed E-state index contributed by atoms with van der Waals surface area (Å²) in [7, 11) is 3.38. The molecule has 0 aliphatic heterocycles. The third-order valence-electron chi connectivity index (χ3n) is 5.54. The predicted octanol–water partition coefficient (Wildman–Crippen LogP) is 5.17. The number of methoxy groups -OCH3 is 2. The van der Waals surface area contributed by atoms with Crippen LogP contribution in [0.2, 0.25) is 0 Å². The Bertz CT molecular complexity index is 1010. The van der Waals surface area contributed by atoms with Gasteiger partial charge in [0.05, 0.1) is 0 Å². The van der Waals surface area contributed by atoms with Crippen LogP contribution in [0.3, 0.4) is 0 Å². The predicted molar refractivity (Wildman–Crippen MR) is 133 cm³/mol. The first-order valence-electron chi connectivity index (χ1n) is 9.75. The maximum absolute atomic E-state index is 5.67. The van der Waals surface area contributed by atoms with Gasteiger partial charge in [-0.3, -0.25) is 0 Å². The summed E-state index contributed by atoms with van der Waals surface area (Å²) in [6.07, 6.45) is 0. The van der Waals surface area contributed by atoms with E-state index in [4.69, 9.17) is 9.47 Å². The van der Waals surface area contributed by atoms with Gasteiger partial charge >= 0.3 is 186 Å². The standard InChI is InChI=1S/C26H24BrO2P/c1-28-21-18-22(29-2)20-26(19-21)30(27,23-12-6-3-7-13-23,24-14-8-4-9-15-24)25-16-10-5-11-17-25/h3-20H,1-2H3. The summed E-state index contributed by atoms with van der Waals surface area (Å²) in [5.74, 6) is 1.53. The zero-order chi connectivity index (χ0) is 21.1. The molecule has 4 heteroatoms. The maximum atomic E-state index is 5.67. The van der Waals surface area contributed by atoms with Gasteiger partial charge in [0.1, 0.15) is 0 Å². The van der Waals surface area contributed by atoms with Gasteiger partial charge in [-0.25, -0.2) is 0 Å². The molecule has 0 amide bonds. The van der Waals surface area contributed by atoms with Crippen molar-refractivity contribution in [1.82, 2.24) is 0 Å². The first-order chi connectivity index (χ1) is 14.6. The van der Waals surface area contributed by atoms with Crippen LogP contribution < -0.4 is 30.7 Å². The molecule has 2 nitrogen and oxygen atoms in total. The number of hydrogen-bond acceptors (Lipinski definition) is 2. The SMILES string of the molecule is COc1cc(OC)cc(P(Br)(c2ccccc2)(c2ccccc2)c2ccccc2)c1. The monoisotopic (exact) mass is 478 g/mol. The van der Waals surface area contributed by atoms with Crippen LogP contribution in [0.1, 0.15) is 0 Å². The van der Waals surface area contributed by atoms with Crippen LogP contribution in [0.25, 0.3) is 0 Å². The number of hydrogen-bond donors (Lipinski definition) is 0. The molecule has 0 aliphatic carbocycles. The molecule has 0 aromatic heterocycles. The number of rotatable bonds is 6. The molecule has 4 aromatic carbocycles. The molecule has 0 bridgehead atoms. The number of halogens is 1. The fraction of sp³-hybridized carbons (Fsp3) is 0.0769. The zero-order valence-corrected chi connectivity index (χ0v) is 19.5. The summed E-state index contributed by atoms with van der Waals surface area (Å²) in [5.41, 5.74) is 0. The third kappa shape index (κ3) is 3.14. The van der Waals surface area contributed by atoms with Crippen molar-refractivity contribution < 1.29 is 9.47 Å². The normalized spacial score (nSPS) is 12.6. The van der Waals surface area contributed by atoms with Crippen LogP contribution in [0.5, 0.6) is 11.5 Å². The van der Waals surface area contributed by atoms with Gasteiger partial charge < -0.3 is 0 Å². The summed E-state index contributed by atoms with van der Waals surface area (Å²) in [5, 5.41) is 1.52. The van der Waals surface area contributed by atoms with Gasteiger partial charge in [-0.15, -0.1) is 0 Å². The molecule has 0 unspecified atom stereocenters. The Balaban J connectivity index is 2.24. The Hall–Kier alpha value is -2.61. The van der Waals surface area contributed by atoms with Gasteiger partial charge in [0.15, 0.2) is 0 Å². The van der Waals surface area contributed by atoms with Crippen molar-refractivity contribution in [3.63, 3.8) is 0 Å². The molecule has 0 heterocycles. The van der Waals surface area contributed by atoms with Gasteiger partial charge in [0.25, 0.3) is 0 Å². The summed E-state index contributed by atoms with van der Waals surface area (Å²) in [4.78, 5) is 0. The Morgan fingerprint density at radius 1 is 0.500 bits per heavy atom. The van der Waals surface area contributed by atoms with E-state index in [0.29, 0.717) is 0 Å². The first kappa shape index (κ1) is 20.7. The van der Waals surface area contributed by atoms with Gasteiger partial charge in [-0.2, -0.15) is 0 Å². The molecule has 0 saturated carbocycles. The second-order valence-electron chi connectivity index (χ2n) is 7.09. The van der Waals surface area contributed by atoms with E-state index in [2.05, 4.69) is 119 Å². The van der Waals surface area contributed by atoms with Crippen molar-refractivity contribution in [1.29, 1.82) is 0 Å². The summed E-state index contributed by atoms with van der Waals surface area (Å²) < 4.78 is 11.3. The molecule has 4 rings (SSSR count). The third-order valence-corrected chi connectivity index (χ3v) is 15.5. The summed E-state index contributed by atoms with van der Waals surface area (Å²) in [6.45, 7) is 0. The quantitative estimate of drug-likeness (QED) is 0.356. The minimum absolute atomic E-state index is 0.764. The average molecular weight is 479 g/mol. The second kappa shape index (κ2) is 8.26. The second-order valence-corrected chi connectivity index (χ2v) is 15.4. The molecule has 0 aliphatic rings. The molecule has 4 aromatic rings. The molecule has 30 heavy (non-hydrogen) atoms. The molecular weight excluding hydrogens is 455 g/mol.